The van der Waals surface area contributed by atoms with E-state index in [9.17, 15) is 8.42 Å². The Balaban J connectivity index is 1.69. The number of hydrogen-bond donors (Lipinski definition) is 2. The highest BCUT2D eigenvalue weighted by molar-refractivity contribution is 7.89. The van der Waals surface area contributed by atoms with Gasteiger partial charge in [-0.2, -0.15) is 0 Å². The first-order valence-electron chi connectivity index (χ1n) is 7.20. The molecule has 0 spiro atoms. The quantitative estimate of drug-likeness (QED) is 0.818. The Morgan fingerprint density at radius 3 is 2.71 bits per heavy atom. The molecule has 2 N–H and O–H groups in total. The number of ether oxygens (including phenoxy) is 2. The molecule has 3 rings (SSSR count). The van der Waals surface area contributed by atoms with Crippen molar-refractivity contribution in [1.82, 2.24) is 4.72 Å². The zero-order chi connectivity index (χ0) is 14.7. The van der Waals surface area contributed by atoms with Gasteiger partial charge >= 0.3 is 0 Å². The predicted molar refractivity (Wildman–Crippen MR) is 78.8 cm³/mol. The molecule has 0 radical (unpaired) electrons. The van der Waals surface area contributed by atoms with Gasteiger partial charge in [0.05, 0.1) is 31.6 Å². The van der Waals surface area contributed by atoms with Gasteiger partial charge in [0, 0.05) is 12.6 Å². The third-order valence-electron chi connectivity index (χ3n) is 3.48. The molecule has 21 heavy (non-hydrogen) atoms. The van der Waals surface area contributed by atoms with Gasteiger partial charge < -0.3 is 14.8 Å². The van der Waals surface area contributed by atoms with Gasteiger partial charge in [0.1, 0.15) is 4.90 Å². The van der Waals surface area contributed by atoms with E-state index in [1.165, 1.54) is 0 Å². The lowest BCUT2D eigenvalue weighted by atomic mass is 10.3. The van der Waals surface area contributed by atoms with Crippen molar-refractivity contribution in [2.45, 2.75) is 29.9 Å². The molecule has 1 aliphatic heterocycles. The van der Waals surface area contributed by atoms with E-state index in [1.807, 2.05) is 6.07 Å². The monoisotopic (exact) mass is 312 g/mol. The maximum atomic E-state index is 12.3. The first-order chi connectivity index (χ1) is 10.1. The van der Waals surface area contributed by atoms with Gasteiger partial charge in [-0.25, -0.2) is 13.1 Å². The van der Waals surface area contributed by atoms with E-state index in [2.05, 4.69) is 10.0 Å². The molecule has 1 saturated heterocycles. The summed E-state index contributed by atoms with van der Waals surface area (Å²) in [6.45, 7) is 2.25. The number of nitrogens with one attached hydrogen (secondary N) is 2. The van der Waals surface area contributed by atoms with Crippen LogP contribution in [0.3, 0.4) is 0 Å². The molecular weight excluding hydrogens is 292 g/mol. The Morgan fingerprint density at radius 2 is 2.00 bits per heavy atom. The fourth-order valence-corrected chi connectivity index (χ4v) is 3.70. The van der Waals surface area contributed by atoms with Crippen molar-refractivity contribution in [3.8, 4) is 0 Å². The molecule has 0 bridgehead atoms. The maximum absolute atomic E-state index is 12.3. The van der Waals surface area contributed by atoms with Crippen molar-refractivity contribution in [2.75, 3.05) is 31.7 Å². The molecule has 0 amide bonds. The zero-order valence-electron chi connectivity index (χ0n) is 11.7. The molecule has 0 aromatic heterocycles. The van der Waals surface area contributed by atoms with Crippen LogP contribution in [0, 0.1) is 0 Å². The first kappa shape index (κ1) is 14.8. The number of anilines is 1. The van der Waals surface area contributed by atoms with Crippen molar-refractivity contribution in [1.29, 1.82) is 0 Å². The average Bonchev–Trinajstić information content (AvgIpc) is 3.30. The number of rotatable bonds is 6. The standard InChI is InChI=1S/C14H20N2O4S/c17-21(18,16-11-5-6-11)14-4-2-1-3-13(14)15-9-12-10-19-7-8-20-12/h1-4,11-12,15-16H,5-10H2. The second kappa shape index (κ2) is 6.31. The lowest BCUT2D eigenvalue weighted by Crippen LogP contribution is -2.34. The lowest BCUT2D eigenvalue weighted by molar-refractivity contribution is -0.0819. The SMILES string of the molecule is O=S(=O)(NC1CC1)c1ccccc1NCC1COCCO1. The summed E-state index contributed by atoms with van der Waals surface area (Å²) in [6.07, 6.45) is 1.79. The van der Waals surface area contributed by atoms with Gasteiger partial charge in [0.25, 0.3) is 0 Å². The summed E-state index contributed by atoms with van der Waals surface area (Å²) < 4.78 is 38.3. The molecule has 1 unspecified atom stereocenters. The first-order valence-corrected chi connectivity index (χ1v) is 8.68. The predicted octanol–water partition coefficient (Wildman–Crippen LogP) is 0.955. The van der Waals surface area contributed by atoms with Crippen LogP contribution in [0.15, 0.2) is 29.2 Å². The van der Waals surface area contributed by atoms with Crippen LogP contribution in [0.1, 0.15) is 12.8 Å². The van der Waals surface area contributed by atoms with E-state index < -0.39 is 10.0 Å². The van der Waals surface area contributed by atoms with Gasteiger partial charge in [0.2, 0.25) is 10.0 Å². The third kappa shape index (κ3) is 3.94. The molecule has 1 saturated carbocycles. The summed E-state index contributed by atoms with van der Waals surface area (Å²) in [5.41, 5.74) is 0.597. The number of hydrogen-bond acceptors (Lipinski definition) is 5. The van der Waals surface area contributed by atoms with Crippen LogP contribution in [0.2, 0.25) is 0 Å². The molecule has 1 aromatic carbocycles. The highest BCUT2D eigenvalue weighted by Crippen LogP contribution is 2.26. The molecule has 2 fully saturated rings. The van der Waals surface area contributed by atoms with Gasteiger partial charge in [-0.05, 0) is 25.0 Å². The van der Waals surface area contributed by atoms with E-state index in [4.69, 9.17) is 9.47 Å². The Labute approximate surface area is 124 Å². The summed E-state index contributed by atoms with van der Waals surface area (Å²) in [6, 6.07) is 7.03. The molecule has 1 atom stereocenters. The van der Waals surface area contributed by atoms with Crippen molar-refractivity contribution in [2.24, 2.45) is 0 Å². The lowest BCUT2D eigenvalue weighted by Gasteiger charge is -2.24. The van der Waals surface area contributed by atoms with Gasteiger partial charge in [0.15, 0.2) is 0 Å². The molecule has 2 aliphatic rings. The largest absolute Gasteiger partial charge is 0.381 e. The number of sulfonamides is 1. The average molecular weight is 312 g/mol. The van der Waals surface area contributed by atoms with Crippen LogP contribution in [0.25, 0.3) is 0 Å². The summed E-state index contributed by atoms with van der Waals surface area (Å²) in [7, 11) is -3.47. The van der Waals surface area contributed by atoms with Crippen LogP contribution >= 0.6 is 0 Å². The Kier molecular flexibility index (Phi) is 4.44. The second-order valence-electron chi connectivity index (χ2n) is 5.34. The number of para-hydroxylation sites is 1. The normalized spacial score (nSPS) is 23.0. The fourth-order valence-electron chi connectivity index (χ4n) is 2.21. The van der Waals surface area contributed by atoms with E-state index in [-0.39, 0.29) is 17.0 Å². The van der Waals surface area contributed by atoms with Crippen molar-refractivity contribution >= 4 is 15.7 Å². The Bertz CT molecular complexity index is 580. The topological polar surface area (TPSA) is 76.7 Å². The summed E-state index contributed by atoms with van der Waals surface area (Å²) in [5.74, 6) is 0. The van der Waals surface area contributed by atoms with E-state index >= 15 is 0 Å². The van der Waals surface area contributed by atoms with Crippen LogP contribution in [-0.4, -0.2) is 46.9 Å². The molecule has 1 aromatic rings. The second-order valence-corrected chi connectivity index (χ2v) is 7.02. The minimum absolute atomic E-state index is 0.0501. The van der Waals surface area contributed by atoms with Crippen molar-refractivity contribution in [3.63, 3.8) is 0 Å². The van der Waals surface area contributed by atoms with Gasteiger partial charge in [-0.3, -0.25) is 0 Å². The molecule has 7 heteroatoms. The summed E-state index contributed by atoms with van der Waals surface area (Å²) in [4.78, 5) is 0.286. The van der Waals surface area contributed by atoms with Crippen LogP contribution < -0.4 is 10.0 Å². The molecule has 116 valence electrons. The summed E-state index contributed by atoms with van der Waals surface area (Å²) in [5, 5.41) is 3.16. The number of benzene rings is 1. The minimum atomic E-state index is -3.47. The zero-order valence-corrected chi connectivity index (χ0v) is 12.6. The van der Waals surface area contributed by atoms with Crippen molar-refractivity contribution in [3.05, 3.63) is 24.3 Å². The highest BCUT2D eigenvalue weighted by atomic mass is 32.2. The van der Waals surface area contributed by atoms with Crippen LogP contribution in [-0.2, 0) is 19.5 Å². The fraction of sp³-hybridized carbons (Fsp3) is 0.571. The minimum Gasteiger partial charge on any atom is -0.381 e. The third-order valence-corrected chi connectivity index (χ3v) is 5.06. The molecule has 1 aliphatic carbocycles. The van der Waals surface area contributed by atoms with Crippen molar-refractivity contribution < 1.29 is 17.9 Å². The smallest absolute Gasteiger partial charge is 0.242 e. The molecular formula is C14H20N2O4S. The van der Waals surface area contributed by atoms with Crippen LogP contribution in [0.5, 0.6) is 0 Å². The van der Waals surface area contributed by atoms with Gasteiger partial charge in [-0.1, -0.05) is 12.1 Å². The van der Waals surface area contributed by atoms with E-state index in [0.29, 0.717) is 32.1 Å². The van der Waals surface area contributed by atoms with Crippen LogP contribution in [0.4, 0.5) is 5.69 Å². The Morgan fingerprint density at radius 1 is 1.19 bits per heavy atom. The summed E-state index contributed by atoms with van der Waals surface area (Å²) >= 11 is 0. The molecule has 1 heterocycles. The highest BCUT2D eigenvalue weighted by Gasteiger charge is 2.29. The van der Waals surface area contributed by atoms with E-state index in [0.717, 1.165) is 12.8 Å². The van der Waals surface area contributed by atoms with E-state index in [1.54, 1.807) is 18.2 Å². The maximum Gasteiger partial charge on any atom is 0.242 e. The molecule has 6 nitrogen and oxygen atoms in total. The Hall–Kier alpha value is -1.15. The van der Waals surface area contributed by atoms with Gasteiger partial charge in [-0.15, -0.1) is 0 Å².